The zero-order chi connectivity index (χ0) is 26.2. The highest BCUT2D eigenvalue weighted by Gasteiger charge is 2.17. The van der Waals surface area contributed by atoms with E-state index in [0.717, 1.165) is 29.7 Å². The van der Waals surface area contributed by atoms with Crippen molar-refractivity contribution in [1.82, 2.24) is 0 Å². The predicted octanol–water partition coefficient (Wildman–Crippen LogP) is 7.46. The van der Waals surface area contributed by atoms with E-state index in [9.17, 15) is 9.18 Å². The molecule has 1 aliphatic heterocycles. The van der Waals surface area contributed by atoms with Gasteiger partial charge in [0.25, 0.3) is 0 Å². The van der Waals surface area contributed by atoms with Crippen molar-refractivity contribution in [3.05, 3.63) is 82.7 Å². The van der Waals surface area contributed by atoms with Gasteiger partial charge in [-0.05, 0) is 109 Å². The highest BCUT2D eigenvalue weighted by molar-refractivity contribution is 7.99. The van der Waals surface area contributed by atoms with Crippen molar-refractivity contribution in [2.24, 2.45) is 0 Å². The van der Waals surface area contributed by atoms with Gasteiger partial charge in [-0.15, -0.1) is 0 Å². The third kappa shape index (κ3) is 7.51. The molecule has 0 N–H and O–H groups in total. The molecule has 1 aliphatic rings. The van der Waals surface area contributed by atoms with Crippen molar-refractivity contribution in [3.63, 3.8) is 0 Å². The Morgan fingerprint density at radius 3 is 2.46 bits per heavy atom. The first-order valence-electron chi connectivity index (χ1n) is 12.9. The SMILES string of the molecule is CCOC(=O)CCc1ccc(OCc2cccc(-c3c(C)cc(OC4CCSCC4)cc3C)c2)cc1F. The molecule has 0 radical (unpaired) electrons. The number of carbonyl (C=O) groups is 1. The Morgan fingerprint density at radius 2 is 1.76 bits per heavy atom. The van der Waals surface area contributed by atoms with Gasteiger partial charge in [0, 0.05) is 12.5 Å². The second-order valence-corrected chi connectivity index (χ2v) is 10.6. The second-order valence-electron chi connectivity index (χ2n) is 9.41. The average molecular weight is 523 g/mol. The van der Waals surface area contributed by atoms with Crippen LogP contribution in [-0.2, 0) is 22.6 Å². The monoisotopic (exact) mass is 522 g/mol. The molecule has 0 saturated carbocycles. The number of esters is 1. The lowest BCUT2D eigenvalue weighted by molar-refractivity contribution is -0.143. The molecular weight excluding hydrogens is 487 g/mol. The molecule has 4 rings (SSSR count). The van der Waals surface area contributed by atoms with Crippen LogP contribution in [-0.4, -0.2) is 30.2 Å². The number of thioether (sulfide) groups is 1. The summed E-state index contributed by atoms with van der Waals surface area (Å²) >= 11 is 2.00. The van der Waals surface area contributed by atoms with E-state index in [-0.39, 0.29) is 18.2 Å². The molecule has 1 saturated heterocycles. The molecule has 196 valence electrons. The molecule has 0 unspecified atom stereocenters. The van der Waals surface area contributed by atoms with Gasteiger partial charge in [0.05, 0.1) is 6.61 Å². The molecule has 3 aromatic rings. The molecule has 4 nitrogen and oxygen atoms in total. The zero-order valence-corrected chi connectivity index (χ0v) is 22.7. The molecule has 3 aromatic carbocycles. The molecule has 0 aliphatic carbocycles. The van der Waals surface area contributed by atoms with Gasteiger partial charge in [-0.1, -0.05) is 24.3 Å². The van der Waals surface area contributed by atoms with Gasteiger partial charge in [0.1, 0.15) is 30.0 Å². The number of aryl methyl sites for hydroxylation is 3. The van der Waals surface area contributed by atoms with E-state index in [4.69, 9.17) is 14.2 Å². The van der Waals surface area contributed by atoms with Crippen LogP contribution in [0.3, 0.4) is 0 Å². The smallest absolute Gasteiger partial charge is 0.306 e. The average Bonchev–Trinajstić information content (AvgIpc) is 2.87. The van der Waals surface area contributed by atoms with Crippen LogP contribution in [0, 0.1) is 19.7 Å². The standard InChI is InChI=1S/C31H35FO4S/c1-4-34-30(33)11-9-24-8-10-27(19-29(24)32)35-20-23-6-5-7-25(18-23)31-21(2)16-28(17-22(31)3)36-26-12-14-37-15-13-26/h5-8,10,16-19,26H,4,9,11-15,20H2,1-3H3. The summed E-state index contributed by atoms with van der Waals surface area (Å²) in [6, 6.07) is 17.3. The van der Waals surface area contributed by atoms with Crippen molar-refractivity contribution < 1.29 is 23.4 Å². The number of hydrogen-bond donors (Lipinski definition) is 0. The maximum absolute atomic E-state index is 14.5. The minimum absolute atomic E-state index is 0.156. The molecule has 0 spiro atoms. The summed E-state index contributed by atoms with van der Waals surface area (Å²) in [4.78, 5) is 11.5. The first-order valence-corrected chi connectivity index (χ1v) is 14.1. The third-order valence-corrected chi connectivity index (χ3v) is 7.58. The molecule has 37 heavy (non-hydrogen) atoms. The lowest BCUT2D eigenvalue weighted by atomic mass is 9.94. The zero-order valence-electron chi connectivity index (χ0n) is 21.8. The normalized spacial score (nSPS) is 13.8. The summed E-state index contributed by atoms with van der Waals surface area (Å²) in [5, 5.41) is 0. The highest BCUT2D eigenvalue weighted by Crippen LogP contribution is 2.33. The molecule has 0 bridgehead atoms. The second kappa shape index (κ2) is 13.0. The molecule has 0 aromatic heterocycles. The molecule has 6 heteroatoms. The molecule has 0 amide bonds. The van der Waals surface area contributed by atoms with Gasteiger partial charge in [0.15, 0.2) is 0 Å². The van der Waals surface area contributed by atoms with Crippen molar-refractivity contribution in [1.29, 1.82) is 0 Å². The fourth-order valence-corrected chi connectivity index (χ4v) is 5.77. The maximum Gasteiger partial charge on any atom is 0.306 e. The third-order valence-electron chi connectivity index (χ3n) is 6.53. The maximum atomic E-state index is 14.5. The van der Waals surface area contributed by atoms with E-state index < -0.39 is 0 Å². The van der Waals surface area contributed by atoms with Crippen molar-refractivity contribution in [2.75, 3.05) is 18.1 Å². The minimum Gasteiger partial charge on any atom is -0.490 e. The number of rotatable bonds is 10. The van der Waals surface area contributed by atoms with Gasteiger partial charge in [-0.2, -0.15) is 11.8 Å². The summed E-state index contributed by atoms with van der Waals surface area (Å²) in [7, 11) is 0. The van der Waals surface area contributed by atoms with E-state index in [0.29, 0.717) is 37.1 Å². The summed E-state index contributed by atoms with van der Waals surface area (Å²) in [5.41, 5.74) is 6.16. The van der Waals surface area contributed by atoms with E-state index in [2.05, 4.69) is 38.1 Å². The van der Waals surface area contributed by atoms with Gasteiger partial charge < -0.3 is 14.2 Å². The minimum atomic E-state index is -0.379. The highest BCUT2D eigenvalue weighted by atomic mass is 32.2. The number of hydrogen-bond acceptors (Lipinski definition) is 5. The lowest BCUT2D eigenvalue weighted by Crippen LogP contribution is -2.22. The van der Waals surface area contributed by atoms with Crippen LogP contribution in [0.4, 0.5) is 4.39 Å². The van der Waals surface area contributed by atoms with Crippen LogP contribution in [0.5, 0.6) is 11.5 Å². The van der Waals surface area contributed by atoms with Crippen LogP contribution in [0.25, 0.3) is 11.1 Å². The first kappa shape index (κ1) is 27.1. The van der Waals surface area contributed by atoms with Crippen molar-refractivity contribution in [2.45, 2.75) is 59.2 Å². The Morgan fingerprint density at radius 1 is 1.00 bits per heavy atom. The largest absolute Gasteiger partial charge is 0.490 e. The van der Waals surface area contributed by atoms with Crippen LogP contribution in [0.2, 0.25) is 0 Å². The van der Waals surface area contributed by atoms with Gasteiger partial charge in [0.2, 0.25) is 0 Å². The van der Waals surface area contributed by atoms with E-state index in [1.54, 1.807) is 19.1 Å². The van der Waals surface area contributed by atoms with Crippen LogP contribution in [0.1, 0.15) is 48.4 Å². The van der Waals surface area contributed by atoms with E-state index in [1.807, 2.05) is 23.9 Å². The van der Waals surface area contributed by atoms with E-state index >= 15 is 0 Å². The fourth-order valence-electron chi connectivity index (χ4n) is 4.71. The van der Waals surface area contributed by atoms with Gasteiger partial charge in [-0.25, -0.2) is 4.39 Å². The number of carbonyl (C=O) groups excluding carboxylic acids is 1. The lowest BCUT2D eigenvalue weighted by Gasteiger charge is -2.24. The van der Waals surface area contributed by atoms with Crippen molar-refractivity contribution >= 4 is 17.7 Å². The van der Waals surface area contributed by atoms with Crippen LogP contribution < -0.4 is 9.47 Å². The molecule has 1 fully saturated rings. The van der Waals surface area contributed by atoms with Gasteiger partial charge in [-0.3, -0.25) is 4.79 Å². The molecular formula is C31H35FO4S. The Kier molecular flexibility index (Phi) is 9.51. The van der Waals surface area contributed by atoms with Crippen molar-refractivity contribution in [3.8, 4) is 22.6 Å². The Hall–Kier alpha value is -2.99. The molecule has 0 atom stereocenters. The number of halogens is 1. The summed E-state index contributed by atoms with van der Waals surface area (Å²) in [6.45, 7) is 6.66. The Labute approximate surface area is 223 Å². The Bertz CT molecular complexity index is 1200. The first-order chi connectivity index (χ1) is 17.9. The molecule has 1 heterocycles. The van der Waals surface area contributed by atoms with Crippen LogP contribution in [0.15, 0.2) is 54.6 Å². The Balaban J connectivity index is 1.40. The summed E-state index contributed by atoms with van der Waals surface area (Å²) in [6.07, 6.45) is 2.97. The summed E-state index contributed by atoms with van der Waals surface area (Å²) < 4.78 is 31.6. The number of ether oxygens (including phenoxy) is 3. The predicted molar refractivity (Wildman–Crippen MR) is 148 cm³/mol. The quantitative estimate of drug-likeness (QED) is 0.259. The van der Waals surface area contributed by atoms with Crippen LogP contribution >= 0.6 is 11.8 Å². The summed E-state index contributed by atoms with van der Waals surface area (Å²) in [5.74, 6) is 3.04. The topological polar surface area (TPSA) is 44.8 Å². The van der Waals surface area contributed by atoms with Gasteiger partial charge >= 0.3 is 5.97 Å². The van der Waals surface area contributed by atoms with E-state index in [1.165, 1.54) is 34.3 Å². The fraction of sp³-hybridized carbons (Fsp3) is 0.387. The number of benzene rings is 3.